The highest BCUT2D eigenvalue weighted by molar-refractivity contribution is 6.01. The number of carbonyl (C=O) groups excluding carboxylic acids is 2. The van der Waals surface area contributed by atoms with Crippen LogP contribution < -0.4 is 21.1 Å². The number of nitrogens with zero attached hydrogens (tertiary/aromatic N) is 1. The van der Waals surface area contributed by atoms with Crippen molar-refractivity contribution in [1.82, 2.24) is 0 Å². The number of phenolic OH excluding ortho intramolecular Hbond substituents is 1. The van der Waals surface area contributed by atoms with Crippen LogP contribution in [0.1, 0.15) is 37.0 Å². The van der Waals surface area contributed by atoms with E-state index in [1.807, 2.05) is 13.0 Å². The number of nitrogens with two attached hydrogens (primary N) is 1. The summed E-state index contributed by atoms with van der Waals surface area (Å²) in [5, 5.41) is 24.6. The van der Waals surface area contributed by atoms with Crippen molar-refractivity contribution in [3.05, 3.63) is 90.0 Å². The number of nitriles is 1. The van der Waals surface area contributed by atoms with Crippen LogP contribution in [0.4, 0.5) is 21.9 Å². The van der Waals surface area contributed by atoms with Crippen molar-refractivity contribution >= 4 is 29.1 Å². The van der Waals surface area contributed by atoms with Crippen molar-refractivity contribution in [2.45, 2.75) is 25.9 Å². The van der Waals surface area contributed by atoms with Crippen LogP contribution in [0.25, 0.3) is 0 Å². The summed E-state index contributed by atoms with van der Waals surface area (Å²) in [6.45, 7) is 1.92. The number of nitrogen functional groups attached to an aromatic ring is 1. The lowest BCUT2D eigenvalue weighted by molar-refractivity contribution is -0.111. The lowest BCUT2D eigenvalue weighted by atomic mass is 9.92. The summed E-state index contributed by atoms with van der Waals surface area (Å²) in [6, 6.07) is 20.2. The van der Waals surface area contributed by atoms with E-state index in [0.29, 0.717) is 46.8 Å². The predicted molar refractivity (Wildman–Crippen MR) is 146 cm³/mol. The minimum Gasteiger partial charge on any atom is -0.504 e. The number of carbonyl (C=O) groups is 2. The number of para-hydroxylation sites is 2. The predicted octanol–water partition coefficient (Wildman–Crippen LogP) is 5.76. The molecule has 38 heavy (non-hydrogen) atoms. The van der Waals surface area contributed by atoms with Crippen LogP contribution in [0.3, 0.4) is 0 Å². The maximum atomic E-state index is 12.7. The number of nitrogens with one attached hydrogen (secondary N) is 2. The maximum Gasteiger partial charge on any atom is 0.412 e. The summed E-state index contributed by atoms with van der Waals surface area (Å²) in [5.41, 5.74) is 8.41. The van der Waals surface area contributed by atoms with Crippen LogP contribution in [0.15, 0.2) is 78.9 Å². The van der Waals surface area contributed by atoms with E-state index in [2.05, 4.69) is 10.6 Å². The molecule has 3 aromatic carbocycles. The molecule has 2 amide bonds. The third-order valence-corrected chi connectivity index (χ3v) is 5.82. The van der Waals surface area contributed by atoms with E-state index >= 15 is 0 Å². The Kier molecular flexibility index (Phi) is 9.72. The second kappa shape index (κ2) is 13.4. The molecule has 0 unspecified atom stereocenters. The molecule has 3 aromatic rings. The Balaban J connectivity index is 1.66. The van der Waals surface area contributed by atoms with Gasteiger partial charge in [0.1, 0.15) is 6.10 Å². The largest absolute Gasteiger partial charge is 0.504 e. The molecular formula is C29H30N4O5. The van der Waals surface area contributed by atoms with Crippen molar-refractivity contribution < 1.29 is 24.2 Å². The summed E-state index contributed by atoms with van der Waals surface area (Å²) in [7, 11) is 1.45. The van der Waals surface area contributed by atoms with Crippen LogP contribution in [0, 0.1) is 17.2 Å². The van der Waals surface area contributed by atoms with E-state index in [1.54, 1.807) is 66.7 Å². The summed E-state index contributed by atoms with van der Waals surface area (Å²) in [4.78, 5) is 25.0. The number of hydrogen-bond acceptors (Lipinski definition) is 7. The molecule has 9 heteroatoms. The van der Waals surface area contributed by atoms with E-state index in [9.17, 15) is 14.7 Å². The third kappa shape index (κ3) is 7.77. The number of hydrogen-bond donors (Lipinski definition) is 4. The van der Waals surface area contributed by atoms with Gasteiger partial charge >= 0.3 is 6.09 Å². The second-order valence-corrected chi connectivity index (χ2v) is 8.60. The van der Waals surface area contributed by atoms with Gasteiger partial charge < -0.3 is 25.6 Å². The van der Waals surface area contributed by atoms with E-state index in [1.165, 1.54) is 19.3 Å². The molecule has 0 aliphatic heterocycles. The number of ether oxygens (including phenoxy) is 2. The molecule has 2 atom stereocenters. The first-order chi connectivity index (χ1) is 18.3. The van der Waals surface area contributed by atoms with Gasteiger partial charge in [0.2, 0.25) is 5.91 Å². The lowest BCUT2D eigenvalue weighted by Gasteiger charge is -2.25. The molecule has 0 spiro atoms. The number of benzene rings is 3. The van der Waals surface area contributed by atoms with Gasteiger partial charge in [0.15, 0.2) is 11.5 Å². The fraction of sp³-hybridized carbons (Fsp3) is 0.207. The molecule has 0 aromatic heterocycles. The molecule has 0 bridgehead atoms. The Hall–Kier alpha value is -4.97. The van der Waals surface area contributed by atoms with Crippen molar-refractivity contribution in [3.8, 4) is 17.6 Å². The van der Waals surface area contributed by atoms with Gasteiger partial charge in [-0.3, -0.25) is 10.1 Å². The number of amides is 2. The summed E-state index contributed by atoms with van der Waals surface area (Å²) in [5.74, 6) is -0.248. The van der Waals surface area contributed by atoms with Crippen molar-refractivity contribution in [3.63, 3.8) is 0 Å². The highest BCUT2D eigenvalue weighted by Crippen LogP contribution is 2.35. The van der Waals surface area contributed by atoms with E-state index in [-0.39, 0.29) is 17.6 Å². The van der Waals surface area contributed by atoms with E-state index in [4.69, 9.17) is 20.5 Å². The van der Waals surface area contributed by atoms with Gasteiger partial charge in [-0.05, 0) is 78.9 Å². The molecule has 5 N–H and O–H groups in total. The number of anilines is 3. The molecule has 0 saturated carbocycles. The van der Waals surface area contributed by atoms with Gasteiger partial charge in [0.25, 0.3) is 0 Å². The molecular weight excluding hydrogens is 484 g/mol. The molecule has 3 rings (SSSR count). The third-order valence-electron chi connectivity index (χ3n) is 5.82. The smallest absolute Gasteiger partial charge is 0.412 e. The average molecular weight is 515 g/mol. The molecule has 9 nitrogen and oxygen atoms in total. The average Bonchev–Trinajstić information content (AvgIpc) is 2.91. The molecule has 196 valence electrons. The quantitative estimate of drug-likeness (QED) is 0.199. The van der Waals surface area contributed by atoms with Crippen molar-refractivity contribution in [1.29, 1.82) is 5.26 Å². The monoisotopic (exact) mass is 514 g/mol. The summed E-state index contributed by atoms with van der Waals surface area (Å²) >= 11 is 0. The molecule has 0 aliphatic rings. The molecule has 0 heterocycles. The molecule has 0 radical (unpaired) electrons. The van der Waals surface area contributed by atoms with Crippen LogP contribution >= 0.6 is 0 Å². The second-order valence-electron chi connectivity index (χ2n) is 8.60. The van der Waals surface area contributed by atoms with Crippen LogP contribution in [-0.4, -0.2) is 24.2 Å². The first-order valence-corrected chi connectivity index (χ1v) is 12.0. The minimum absolute atomic E-state index is 0.0740. The SMILES string of the molecule is COc1ccc([C@H](OC(=O)Nc2ccc(C#N)cc2)[C@@H](C)CC/C=C/C(=O)Nc2ccccc2N)cc1O. The normalized spacial score (nSPS) is 12.2. The number of allylic oxidation sites excluding steroid dienone is 1. The minimum atomic E-state index is -0.698. The van der Waals surface area contributed by atoms with Crippen LogP contribution in [0.2, 0.25) is 0 Å². The Labute approximate surface area is 221 Å². The van der Waals surface area contributed by atoms with Gasteiger partial charge in [-0.25, -0.2) is 4.79 Å². The number of phenols is 1. The Bertz CT molecular complexity index is 1330. The van der Waals surface area contributed by atoms with Crippen LogP contribution in [0.5, 0.6) is 11.5 Å². The van der Waals surface area contributed by atoms with Gasteiger partial charge in [0, 0.05) is 5.69 Å². The molecule has 0 saturated heterocycles. The summed E-state index contributed by atoms with van der Waals surface area (Å²) in [6.07, 6.45) is 2.92. The van der Waals surface area contributed by atoms with Crippen molar-refractivity contribution in [2.24, 2.45) is 5.92 Å². The Morgan fingerprint density at radius 3 is 2.50 bits per heavy atom. The topological polar surface area (TPSA) is 147 Å². The highest BCUT2D eigenvalue weighted by Gasteiger charge is 2.24. The highest BCUT2D eigenvalue weighted by atomic mass is 16.6. The number of aromatic hydroxyl groups is 1. The standard InChI is InChI=1S/C29H30N4O5/c1-19(7-3-6-10-27(35)33-24-9-5-4-8-23(24)31)28(21-13-16-26(37-2)25(34)17-21)38-29(36)32-22-14-11-20(18-30)12-15-22/h4-6,8-17,19,28,34H,3,7,31H2,1-2H3,(H,32,36)(H,33,35)/b10-6+/t19-,28+/m0/s1. The summed E-state index contributed by atoms with van der Waals surface area (Å²) < 4.78 is 10.9. The Morgan fingerprint density at radius 1 is 1.11 bits per heavy atom. The zero-order chi connectivity index (χ0) is 27.5. The van der Waals surface area contributed by atoms with Crippen molar-refractivity contribution in [2.75, 3.05) is 23.5 Å². The molecule has 0 aliphatic carbocycles. The first-order valence-electron chi connectivity index (χ1n) is 12.0. The maximum absolute atomic E-state index is 12.7. The van der Waals surface area contributed by atoms with Gasteiger partial charge in [-0.2, -0.15) is 5.26 Å². The fourth-order valence-corrected chi connectivity index (χ4v) is 3.77. The van der Waals surface area contributed by atoms with Gasteiger partial charge in [0.05, 0.1) is 30.1 Å². The van der Waals surface area contributed by atoms with Crippen LogP contribution in [-0.2, 0) is 9.53 Å². The lowest BCUT2D eigenvalue weighted by Crippen LogP contribution is -2.22. The zero-order valence-electron chi connectivity index (χ0n) is 21.2. The zero-order valence-corrected chi connectivity index (χ0v) is 21.2. The Morgan fingerprint density at radius 2 is 1.84 bits per heavy atom. The van der Waals surface area contributed by atoms with E-state index < -0.39 is 12.2 Å². The number of methoxy groups -OCH3 is 1. The molecule has 0 fully saturated rings. The van der Waals surface area contributed by atoms with Gasteiger partial charge in [-0.15, -0.1) is 0 Å². The van der Waals surface area contributed by atoms with E-state index in [0.717, 1.165) is 0 Å². The van der Waals surface area contributed by atoms with Gasteiger partial charge in [-0.1, -0.05) is 31.2 Å². The fourth-order valence-electron chi connectivity index (χ4n) is 3.77. The first kappa shape index (κ1) is 27.6. The number of rotatable bonds is 10.